The lowest BCUT2D eigenvalue weighted by Crippen LogP contribution is -2.39. The summed E-state index contributed by atoms with van der Waals surface area (Å²) in [6.45, 7) is 3.41. The minimum Gasteiger partial charge on any atom is -0.454 e. The van der Waals surface area contributed by atoms with E-state index in [0.29, 0.717) is 10.9 Å². The average Bonchev–Trinajstić information content (AvgIpc) is 3.33. The Morgan fingerprint density at radius 1 is 1.06 bits per heavy atom. The van der Waals surface area contributed by atoms with Crippen molar-refractivity contribution in [3.8, 4) is 11.5 Å². The molecule has 2 fully saturated rings. The number of hydrogen-bond acceptors (Lipinski definition) is 7. The van der Waals surface area contributed by atoms with Crippen LogP contribution in [0.15, 0.2) is 54.7 Å². The zero-order valence-electron chi connectivity index (χ0n) is 18.2. The minimum absolute atomic E-state index is 0.00935. The second-order valence-electron chi connectivity index (χ2n) is 8.63. The highest BCUT2D eigenvalue weighted by molar-refractivity contribution is 7.15. The number of nitrogens with one attached hydrogen (secondary N) is 1. The molecule has 1 atom stereocenters. The highest BCUT2D eigenvalue weighted by Crippen LogP contribution is 2.51. The quantitative estimate of drug-likeness (QED) is 0.597. The van der Waals surface area contributed by atoms with E-state index >= 15 is 0 Å². The lowest BCUT2D eigenvalue weighted by Gasteiger charge is -2.34. The monoisotopic (exact) mass is 463 g/mol. The SMILES string of the molecule is O=C(Nc1ncc(C(c2ccccc2)N2CCOCC2)s1)C1(c2ccc3c(c2)OCO3)CC1. The molecule has 0 spiro atoms. The fourth-order valence-electron chi connectivity index (χ4n) is 4.68. The van der Waals surface area contributed by atoms with Crippen LogP contribution in [0.5, 0.6) is 11.5 Å². The minimum atomic E-state index is -0.518. The molecule has 1 aliphatic carbocycles. The van der Waals surface area contributed by atoms with Crippen LogP contribution in [0.2, 0.25) is 0 Å². The van der Waals surface area contributed by atoms with E-state index < -0.39 is 5.41 Å². The Morgan fingerprint density at radius 2 is 1.85 bits per heavy atom. The summed E-state index contributed by atoms with van der Waals surface area (Å²) in [5.74, 6) is 1.43. The molecule has 3 aliphatic rings. The number of amides is 1. The third-order valence-electron chi connectivity index (χ3n) is 6.65. The van der Waals surface area contributed by atoms with Gasteiger partial charge in [0.25, 0.3) is 0 Å². The molecule has 33 heavy (non-hydrogen) atoms. The van der Waals surface area contributed by atoms with Gasteiger partial charge in [0.1, 0.15) is 0 Å². The van der Waals surface area contributed by atoms with Crippen LogP contribution in [0.4, 0.5) is 5.13 Å². The molecule has 2 aromatic carbocycles. The summed E-state index contributed by atoms with van der Waals surface area (Å²) < 4.78 is 16.5. The second-order valence-corrected chi connectivity index (χ2v) is 9.70. The number of hydrogen-bond donors (Lipinski definition) is 1. The Balaban J connectivity index is 1.23. The number of anilines is 1. The maximum absolute atomic E-state index is 13.3. The molecule has 2 aliphatic heterocycles. The van der Waals surface area contributed by atoms with Crippen LogP contribution in [-0.2, 0) is 14.9 Å². The van der Waals surface area contributed by atoms with Gasteiger partial charge in [0.05, 0.1) is 24.7 Å². The average molecular weight is 464 g/mol. The van der Waals surface area contributed by atoms with Crippen molar-refractivity contribution >= 4 is 22.4 Å². The molecule has 8 heteroatoms. The van der Waals surface area contributed by atoms with Gasteiger partial charge in [-0.25, -0.2) is 4.98 Å². The van der Waals surface area contributed by atoms with Gasteiger partial charge in [-0.3, -0.25) is 9.69 Å². The number of rotatable bonds is 6. The third-order valence-corrected chi connectivity index (χ3v) is 7.61. The van der Waals surface area contributed by atoms with Gasteiger partial charge in [-0.2, -0.15) is 0 Å². The number of nitrogens with zero attached hydrogens (tertiary/aromatic N) is 2. The van der Waals surface area contributed by atoms with Gasteiger partial charge in [0, 0.05) is 24.2 Å². The van der Waals surface area contributed by atoms with Crippen molar-refractivity contribution in [3.05, 3.63) is 70.7 Å². The maximum atomic E-state index is 13.3. The summed E-state index contributed by atoms with van der Waals surface area (Å²) in [5, 5.41) is 3.73. The molecule has 170 valence electrons. The zero-order chi connectivity index (χ0) is 22.3. The number of thiazole rings is 1. The first-order valence-electron chi connectivity index (χ1n) is 11.3. The summed E-state index contributed by atoms with van der Waals surface area (Å²) in [6, 6.07) is 16.4. The molecule has 7 nitrogen and oxygen atoms in total. The molecule has 0 bridgehead atoms. The van der Waals surface area contributed by atoms with Gasteiger partial charge in [0.2, 0.25) is 12.7 Å². The predicted molar refractivity (Wildman–Crippen MR) is 125 cm³/mol. The molecule has 0 radical (unpaired) electrons. The summed E-state index contributed by atoms with van der Waals surface area (Å²) >= 11 is 1.55. The van der Waals surface area contributed by atoms with Crippen LogP contribution in [-0.4, -0.2) is 48.9 Å². The van der Waals surface area contributed by atoms with E-state index in [1.807, 2.05) is 30.5 Å². The Bertz CT molecular complexity index is 1160. The van der Waals surface area contributed by atoms with Gasteiger partial charge >= 0.3 is 0 Å². The highest BCUT2D eigenvalue weighted by Gasteiger charge is 2.52. The second kappa shape index (κ2) is 8.44. The molecule has 1 aromatic heterocycles. The molecule has 3 aromatic rings. The summed E-state index contributed by atoms with van der Waals surface area (Å²) in [7, 11) is 0. The van der Waals surface area contributed by atoms with Gasteiger partial charge < -0.3 is 19.5 Å². The topological polar surface area (TPSA) is 72.9 Å². The lowest BCUT2D eigenvalue weighted by molar-refractivity contribution is -0.118. The van der Waals surface area contributed by atoms with E-state index in [-0.39, 0.29) is 18.7 Å². The molecule has 6 rings (SSSR count). The largest absolute Gasteiger partial charge is 0.454 e. The van der Waals surface area contributed by atoms with E-state index in [1.165, 1.54) is 5.56 Å². The molecule has 1 N–H and O–H groups in total. The summed E-state index contributed by atoms with van der Waals surface area (Å²) in [5.41, 5.74) is 1.67. The van der Waals surface area contributed by atoms with E-state index in [0.717, 1.165) is 55.3 Å². The molecule has 1 unspecified atom stereocenters. The molecule has 1 saturated carbocycles. The first-order valence-corrected chi connectivity index (χ1v) is 12.1. The van der Waals surface area contributed by atoms with Crippen LogP contribution in [0.25, 0.3) is 0 Å². The summed E-state index contributed by atoms with van der Waals surface area (Å²) in [4.78, 5) is 21.4. The van der Waals surface area contributed by atoms with Crippen molar-refractivity contribution in [1.82, 2.24) is 9.88 Å². The van der Waals surface area contributed by atoms with Crippen molar-refractivity contribution in [2.24, 2.45) is 0 Å². The van der Waals surface area contributed by atoms with Gasteiger partial charge in [0.15, 0.2) is 16.6 Å². The third kappa shape index (κ3) is 3.88. The van der Waals surface area contributed by atoms with Crippen molar-refractivity contribution in [3.63, 3.8) is 0 Å². The van der Waals surface area contributed by atoms with Crippen LogP contribution < -0.4 is 14.8 Å². The molecule has 1 saturated heterocycles. The van der Waals surface area contributed by atoms with Crippen LogP contribution in [0.1, 0.15) is 34.9 Å². The predicted octanol–water partition coefficient (Wildman–Crippen LogP) is 3.96. The molecular formula is C25H25N3O4S. The Morgan fingerprint density at radius 3 is 2.64 bits per heavy atom. The smallest absolute Gasteiger partial charge is 0.236 e. The molecule has 3 heterocycles. The first-order chi connectivity index (χ1) is 16.2. The van der Waals surface area contributed by atoms with Crippen molar-refractivity contribution in [2.75, 3.05) is 38.4 Å². The van der Waals surface area contributed by atoms with Crippen LogP contribution in [0, 0.1) is 0 Å². The molecule has 1 amide bonds. The fourth-order valence-corrected chi connectivity index (χ4v) is 5.65. The number of carbonyl (C=O) groups excluding carboxylic acids is 1. The van der Waals surface area contributed by atoms with E-state index in [4.69, 9.17) is 14.2 Å². The Labute approximate surface area is 196 Å². The number of aromatic nitrogens is 1. The molecular weight excluding hydrogens is 438 g/mol. The van der Waals surface area contributed by atoms with Crippen LogP contribution >= 0.6 is 11.3 Å². The normalized spacial score (nSPS) is 19.8. The number of carbonyl (C=O) groups is 1. The zero-order valence-corrected chi connectivity index (χ0v) is 19.0. The maximum Gasteiger partial charge on any atom is 0.236 e. The fraction of sp³-hybridized carbons (Fsp3) is 0.360. The standard InChI is InChI=1S/C25H25N3O4S/c29-23(25(8-9-25)18-6-7-19-20(14-18)32-16-31-19)27-24-26-15-21(33-24)22(17-4-2-1-3-5-17)28-10-12-30-13-11-28/h1-7,14-15,22H,8-13,16H2,(H,26,27,29). The Kier molecular flexibility index (Phi) is 5.28. The van der Waals surface area contributed by atoms with Crippen molar-refractivity contribution in [2.45, 2.75) is 24.3 Å². The number of ether oxygens (including phenoxy) is 3. The van der Waals surface area contributed by atoms with E-state index in [1.54, 1.807) is 11.3 Å². The van der Waals surface area contributed by atoms with Gasteiger partial charge in [-0.1, -0.05) is 47.7 Å². The number of benzene rings is 2. The summed E-state index contributed by atoms with van der Waals surface area (Å²) in [6.07, 6.45) is 3.53. The lowest BCUT2D eigenvalue weighted by atomic mass is 9.94. The van der Waals surface area contributed by atoms with Gasteiger partial charge in [-0.05, 0) is 36.1 Å². The first kappa shape index (κ1) is 20.7. The number of morpholine rings is 1. The highest BCUT2D eigenvalue weighted by atomic mass is 32.1. The van der Waals surface area contributed by atoms with Crippen molar-refractivity contribution in [1.29, 1.82) is 0 Å². The van der Waals surface area contributed by atoms with Crippen molar-refractivity contribution < 1.29 is 19.0 Å². The van der Waals surface area contributed by atoms with E-state index in [9.17, 15) is 4.79 Å². The van der Waals surface area contributed by atoms with Crippen LogP contribution in [0.3, 0.4) is 0 Å². The van der Waals surface area contributed by atoms with E-state index in [2.05, 4.69) is 39.5 Å². The number of fused-ring (bicyclic) bond motifs is 1. The van der Waals surface area contributed by atoms with Gasteiger partial charge in [-0.15, -0.1) is 0 Å². The Hall–Kier alpha value is -2.94.